The molecule has 2 bridgehead atoms. The Morgan fingerprint density at radius 2 is 2.26 bits per heavy atom. The standard InChI is InChI=1S/C16H24N2O/c1-17(10-14-9-12-5-6-13(14)8-12)11-16(19)15-4-3-7-18(15)2/h3-4,7,12-14H,5-6,8-11H2,1-2H3. The molecule has 2 fully saturated rings. The van der Waals surface area contributed by atoms with E-state index in [4.69, 9.17) is 0 Å². The Kier molecular flexibility index (Phi) is 3.48. The van der Waals surface area contributed by atoms with E-state index in [1.54, 1.807) is 0 Å². The van der Waals surface area contributed by atoms with Gasteiger partial charge in [-0.1, -0.05) is 6.42 Å². The van der Waals surface area contributed by atoms with Crippen molar-refractivity contribution < 1.29 is 4.79 Å². The third kappa shape index (κ3) is 2.62. The second-order valence-corrected chi connectivity index (χ2v) is 6.56. The molecule has 104 valence electrons. The maximum Gasteiger partial charge on any atom is 0.193 e. The summed E-state index contributed by atoms with van der Waals surface area (Å²) in [6.07, 6.45) is 7.66. The summed E-state index contributed by atoms with van der Waals surface area (Å²) in [5, 5.41) is 0. The van der Waals surface area contributed by atoms with Gasteiger partial charge in [0.15, 0.2) is 5.78 Å². The number of fused-ring (bicyclic) bond motifs is 2. The van der Waals surface area contributed by atoms with E-state index >= 15 is 0 Å². The Bertz CT molecular complexity index is 465. The third-order valence-electron chi connectivity index (χ3n) is 5.07. The average molecular weight is 260 g/mol. The summed E-state index contributed by atoms with van der Waals surface area (Å²) in [4.78, 5) is 14.4. The smallest absolute Gasteiger partial charge is 0.193 e. The van der Waals surface area contributed by atoms with Gasteiger partial charge in [0.25, 0.3) is 0 Å². The minimum atomic E-state index is 0.234. The fourth-order valence-electron chi connectivity index (χ4n) is 4.14. The zero-order chi connectivity index (χ0) is 13.4. The van der Waals surface area contributed by atoms with Gasteiger partial charge in [0.05, 0.1) is 12.2 Å². The van der Waals surface area contributed by atoms with E-state index in [9.17, 15) is 4.79 Å². The molecular formula is C16H24N2O. The van der Waals surface area contributed by atoms with E-state index in [0.717, 1.165) is 30.0 Å². The fourth-order valence-corrected chi connectivity index (χ4v) is 4.14. The number of hydrogen-bond acceptors (Lipinski definition) is 2. The number of likely N-dealkylation sites (N-methyl/N-ethyl adjacent to an activating group) is 1. The van der Waals surface area contributed by atoms with E-state index in [-0.39, 0.29) is 5.78 Å². The summed E-state index contributed by atoms with van der Waals surface area (Å²) >= 11 is 0. The van der Waals surface area contributed by atoms with Crippen LogP contribution < -0.4 is 0 Å². The Morgan fingerprint density at radius 1 is 1.42 bits per heavy atom. The van der Waals surface area contributed by atoms with Crippen molar-refractivity contribution in [2.45, 2.75) is 25.7 Å². The first kappa shape index (κ1) is 12.9. The Balaban J connectivity index is 1.53. The molecular weight excluding hydrogens is 236 g/mol. The van der Waals surface area contributed by atoms with Gasteiger partial charge in [0.2, 0.25) is 0 Å². The third-order valence-corrected chi connectivity index (χ3v) is 5.07. The van der Waals surface area contributed by atoms with Crippen molar-refractivity contribution in [3.8, 4) is 0 Å². The lowest BCUT2D eigenvalue weighted by molar-refractivity contribution is 0.0921. The number of ketones is 1. The lowest BCUT2D eigenvalue weighted by Gasteiger charge is -2.26. The lowest BCUT2D eigenvalue weighted by Crippen LogP contribution is -2.33. The molecule has 3 rings (SSSR count). The number of Topliss-reactive ketones (excluding diaryl/α,β-unsaturated/α-hetero) is 1. The van der Waals surface area contributed by atoms with Crippen molar-refractivity contribution in [3.05, 3.63) is 24.0 Å². The van der Waals surface area contributed by atoms with Crippen molar-refractivity contribution in [3.63, 3.8) is 0 Å². The van der Waals surface area contributed by atoms with E-state index in [1.807, 2.05) is 29.9 Å². The second-order valence-electron chi connectivity index (χ2n) is 6.56. The molecule has 0 aliphatic heterocycles. The van der Waals surface area contributed by atoms with Crippen molar-refractivity contribution in [2.24, 2.45) is 24.8 Å². The molecule has 2 saturated carbocycles. The van der Waals surface area contributed by atoms with Crippen molar-refractivity contribution >= 4 is 5.78 Å². The normalized spacial score (nSPS) is 29.3. The van der Waals surface area contributed by atoms with Crippen LogP contribution in [-0.4, -0.2) is 35.4 Å². The zero-order valence-electron chi connectivity index (χ0n) is 12.0. The number of rotatable bonds is 5. The van der Waals surface area contributed by atoms with Crippen LogP contribution in [0.3, 0.4) is 0 Å². The minimum Gasteiger partial charge on any atom is -0.348 e. The first-order valence-corrected chi connectivity index (χ1v) is 7.46. The Morgan fingerprint density at radius 3 is 2.84 bits per heavy atom. The molecule has 3 nitrogen and oxygen atoms in total. The molecule has 0 N–H and O–H groups in total. The topological polar surface area (TPSA) is 25.2 Å². The maximum atomic E-state index is 12.2. The second kappa shape index (κ2) is 5.12. The van der Waals surface area contributed by atoms with Crippen molar-refractivity contribution in [2.75, 3.05) is 20.1 Å². The van der Waals surface area contributed by atoms with Crippen molar-refractivity contribution in [1.29, 1.82) is 0 Å². The maximum absolute atomic E-state index is 12.2. The van der Waals surface area contributed by atoms with Gasteiger partial charge in [-0.15, -0.1) is 0 Å². The minimum absolute atomic E-state index is 0.234. The number of hydrogen-bond donors (Lipinski definition) is 0. The largest absolute Gasteiger partial charge is 0.348 e. The summed E-state index contributed by atoms with van der Waals surface area (Å²) in [5.74, 6) is 3.01. The molecule has 2 aliphatic carbocycles. The van der Waals surface area contributed by atoms with Crippen LogP contribution in [0.1, 0.15) is 36.2 Å². The van der Waals surface area contributed by atoms with Crippen LogP contribution in [0.25, 0.3) is 0 Å². The van der Waals surface area contributed by atoms with Crippen LogP contribution >= 0.6 is 0 Å². The highest BCUT2D eigenvalue weighted by molar-refractivity contribution is 5.96. The number of carbonyl (C=O) groups is 1. The van der Waals surface area contributed by atoms with E-state index in [0.29, 0.717) is 6.54 Å². The molecule has 0 spiro atoms. The number of aromatic nitrogens is 1. The van der Waals surface area contributed by atoms with E-state index in [2.05, 4.69) is 11.9 Å². The SMILES string of the molecule is CN(CC(=O)c1cccn1C)CC1CC2CCC1C2. The van der Waals surface area contributed by atoms with Gasteiger partial charge < -0.3 is 4.57 Å². The summed E-state index contributed by atoms with van der Waals surface area (Å²) in [6.45, 7) is 1.64. The fraction of sp³-hybridized carbons (Fsp3) is 0.688. The molecule has 3 heteroatoms. The quantitative estimate of drug-likeness (QED) is 0.760. The molecule has 0 aromatic carbocycles. The van der Waals surface area contributed by atoms with E-state index in [1.165, 1.54) is 25.7 Å². The lowest BCUT2D eigenvalue weighted by atomic mass is 9.88. The monoisotopic (exact) mass is 260 g/mol. The van der Waals surface area contributed by atoms with Gasteiger partial charge in [-0.3, -0.25) is 9.69 Å². The number of carbonyl (C=O) groups excluding carboxylic acids is 1. The molecule has 2 aliphatic rings. The average Bonchev–Trinajstić information content (AvgIpc) is 3.04. The predicted octanol–water partition coefficient (Wildman–Crippen LogP) is 2.58. The first-order chi connectivity index (χ1) is 9.13. The molecule has 1 aromatic heterocycles. The number of nitrogens with zero attached hydrogens (tertiary/aromatic N) is 2. The molecule has 0 radical (unpaired) electrons. The highest BCUT2D eigenvalue weighted by atomic mass is 16.1. The van der Waals surface area contributed by atoms with Gasteiger partial charge in [-0.25, -0.2) is 0 Å². The first-order valence-electron chi connectivity index (χ1n) is 7.46. The Labute approximate surface area is 115 Å². The molecule has 1 aromatic rings. The van der Waals surface area contributed by atoms with Gasteiger partial charge in [0.1, 0.15) is 0 Å². The number of aryl methyl sites for hydroxylation is 1. The molecule has 19 heavy (non-hydrogen) atoms. The molecule has 1 heterocycles. The summed E-state index contributed by atoms with van der Waals surface area (Å²) in [6, 6.07) is 3.84. The molecule has 0 amide bonds. The van der Waals surface area contributed by atoms with Crippen LogP contribution in [0.15, 0.2) is 18.3 Å². The highest BCUT2D eigenvalue weighted by Gasteiger charge is 2.39. The zero-order valence-corrected chi connectivity index (χ0v) is 12.0. The Hall–Kier alpha value is -1.09. The molecule has 3 atom stereocenters. The van der Waals surface area contributed by atoms with Crippen LogP contribution in [0, 0.1) is 17.8 Å². The van der Waals surface area contributed by atoms with Crippen LogP contribution in [0.2, 0.25) is 0 Å². The van der Waals surface area contributed by atoms with Gasteiger partial charge in [-0.05, 0) is 56.2 Å². The van der Waals surface area contributed by atoms with E-state index < -0.39 is 0 Å². The summed E-state index contributed by atoms with van der Waals surface area (Å²) in [5.41, 5.74) is 0.819. The van der Waals surface area contributed by atoms with Gasteiger partial charge in [0, 0.05) is 19.8 Å². The van der Waals surface area contributed by atoms with Crippen molar-refractivity contribution in [1.82, 2.24) is 9.47 Å². The van der Waals surface area contributed by atoms with Crippen LogP contribution in [0.5, 0.6) is 0 Å². The highest BCUT2D eigenvalue weighted by Crippen LogP contribution is 2.48. The van der Waals surface area contributed by atoms with Gasteiger partial charge in [-0.2, -0.15) is 0 Å². The summed E-state index contributed by atoms with van der Waals surface area (Å²) in [7, 11) is 4.02. The van der Waals surface area contributed by atoms with Crippen LogP contribution in [-0.2, 0) is 7.05 Å². The predicted molar refractivity (Wildman–Crippen MR) is 76.2 cm³/mol. The van der Waals surface area contributed by atoms with Crippen LogP contribution in [0.4, 0.5) is 0 Å². The van der Waals surface area contributed by atoms with Gasteiger partial charge >= 0.3 is 0 Å². The summed E-state index contributed by atoms with van der Waals surface area (Å²) < 4.78 is 1.91. The molecule has 0 saturated heterocycles. The molecule has 3 unspecified atom stereocenters.